The Morgan fingerprint density at radius 3 is 2.20 bits per heavy atom. The number of hydrogen-bond acceptors (Lipinski definition) is 7. The number of amidine groups is 2. The van der Waals surface area contributed by atoms with E-state index in [-0.39, 0.29) is 36.5 Å². The molecule has 2 aliphatic rings. The summed E-state index contributed by atoms with van der Waals surface area (Å²) < 4.78 is 68.9. The number of aromatic hydroxyl groups is 1. The summed E-state index contributed by atoms with van der Waals surface area (Å²) in [4.78, 5) is 19.7. The predicted octanol–water partition coefficient (Wildman–Crippen LogP) is 4.24. The van der Waals surface area contributed by atoms with E-state index in [1.54, 1.807) is 11.9 Å². The van der Waals surface area contributed by atoms with Crippen molar-refractivity contribution in [2.75, 3.05) is 52.2 Å². The van der Waals surface area contributed by atoms with Gasteiger partial charge in [-0.05, 0) is 43.7 Å². The normalized spacial score (nSPS) is 19.2. The third-order valence-corrected chi connectivity index (χ3v) is 7.91. The molecule has 14 heteroatoms. The summed E-state index contributed by atoms with van der Waals surface area (Å²) in [6, 6.07) is 5.12. The number of halogens is 3. The highest BCUT2D eigenvalue weighted by Crippen LogP contribution is 2.43. The second kappa shape index (κ2) is 11.1. The average Bonchev–Trinajstić information content (AvgIpc) is 3.47. The first-order valence-electron chi connectivity index (χ1n) is 13.0. The van der Waals surface area contributed by atoms with Crippen molar-refractivity contribution in [3.05, 3.63) is 46.9 Å². The van der Waals surface area contributed by atoms with Crippen molar-refractivity contribution >= 4 is 34.4 Å². The number of phenolic OH excluding ortho intramolecular Hbond substituents is 1. The Kier molecular flexibility index (Phi) is 8.29. The molecule has 2 aromatic rings. The average molecular weight is 597 g/mol. The second-order valence-corrected chi connectivity index (χ2v) is 12.2. The van der Waals surface area contributed by atoms with Crippen molar-refractivity contribution in [1.82, 2.24) is 14.7 Å². The molecule has 1 aromatic carbocycles. The van der Waals surface area contributed by atoms with Gasteiger partial charge in [0.05, 0.1) is 22.9 Å². The topological polar surface area (TPSA) is 105 Å². The number of nitrogens with zero attached hydrogens (tertiary/aromatic N) is 6. The lowest BCUT2D eigenvalue weighted by Gasteiger charge is -2.38. The van der Waals surface area contributed by atoms with E-state index in [0.29, 0.717) is 24.6 Å². The fourth-order valence-electron chi connectivity index (χ4n) is 5.19. The van der Waals surface area contributed by atoms with Crippen LogP contribution in [0.2, 0.25) is 0 Å². The minimum atomic E-state index is -4.88. The second-order valence-electron chi connectivity index (χ2n) is 11.4. The highest BCUT2D eigenvalue weighted by molar-refractivity contribution is 7.83. The van der Waals surface area contributed by atoms with Crippen molar-refractivity contribution in [1.29, 1.82) is 0 Å². The van der Waals surface area contributed by atoms with Crippen LogP contribution in [0.15, 0.2) is 37.5 Å². The molecule has 224 valence electrons. The van der Waals surface area contributed by atoms with E-state index in [9.17, 15) is 27.3 Å². The Morgan fingerprint density at radius 2 is 1.66 bits per heavy atom. The Bertz CT molecular complexity index is 1410. The molecule has 2 atom stereocenters. The first-order valence-corrected chi connectivity index (χ1v) is 14.1. The molecule has 1 aromatic heterocycles. The lowest BCUT2D eigenvalue weighted by Crippen LogP contribution is -2.47. The maximum atomic E-state index is 14.0. The molecule has 0 saturated carbocycles. The number of anilines is 1. The molecule has 0 aliphatic carbocycles. The van der Waals surface area contributed by atoms with Gasteiger partial charge in [-0.1, -0.05) is 20.8 Å². The van der Waals surface area contributed by atoms with Crippen molar-refractivity contribution < 1.29 is 31.7 Å². The van der Waals surface area contributed by atoms with Crippen LogP contribution in [0.1, 0.15) is 54.3 Å². The fourth-order valence-corrected chi connectivity index (χ4v) is 5.94. The van der Waals surface area contributed by atoms with Gasteiger partial charge < -0.3 is 29.1 Å². The van der Waals surface area contributed by atoms with Crippen LogP contribution in [0.25, 0.3) is 0 Å². The van der Waals surface area contributed by atoms with Crippen LogP contribution < -0.4 is 4.90 Å². The summed E-state index contributed by atoms with van der Waals surface area (Å²) in [5.41, 5.74) is -2.58. The van der Waals surface area contributed by atoms with Gasteiger partial charge in [0, 0.05) is 40.3 Å². The standard InChI is InChI=1S/C27H35F3N6O4S/c1-16-8-11-19(40-16)22(26(2,3)4)35(7)24-23(31-41(39)32-24)34(6)18-10-9-17(27(28,29)30)20(21(18)37)25(38)36-14-12-33(5)13-15-36/h8-11,22,37H,12-15H2,1-7H3/t22-,41?/m0/s1. The summed E-state index contributed by atoms with van der Waals surface area (Å²) in [6.07, 6.45) is -4.88. The summed E-state index contributed by atoms with van der Waals surface area (Å²) in [5, 5.41) is 11.2. The minimum Gasteiger partial charge on any atom is -0.505 e. The lowest BCUT2D eigenvalue weighted by atomic mass is 9.84. The van der Waals surface area contributed by atoms with Gasteiger partial charge in [-0.2, -0.15) is 13.2 Å². The van der Waals surface area contributed by atoms with E-state index in [2.05, 4.69) is 8.80 Å². The van der Waals surface area contributed by atoms with E-state index in [4.69, 9.17) is 4.42 Å². The van der Waals surface area contributed by atoms with E-state index in [0.717, 1.165) is 12.1 Å². The molecule has 1 N–H and O–H groups in total. The van der Waals surface area contributed by atoms with Crippen LogP contribution in [-0.2, 0) is 17.3 Å². The van der Waals surface area contributed by atoms with Gasteiger partial charge >= 0.3 is 6.18 Å². The summed E-state index contributed by atoms with van der Waals surface area (Å²) >= 11 is -2.02. The highest BCUT2D eigenvalue weighted by Gasteiger charge is 2.42. The number of rotatable bonds is 4. The summed E-state index contributed by atoms with van der Waals surface area (Å²) in [5.74, 6) is -0.178. The zero-order valence-electron chi connectivity index (χ0n) is 24.1. The fraction of sp³-hybridized carbons (Fsp3) is 0.519. The molecule has 1 unspecified atom stereocenters. The Balaban J connectivity index is 1.75. The van der Waals surface area contributed by atoms with Gasteiger partial charge in [0.15, 0.2) is 17.4 Å². The zero-order chi connectivity index (χ0) is 30.4. The van der Waals surface area contributed by atoms with Crippen LogP contribution in [0.3, 0.4) is 0 Å². The molecule has 3 heterocycles. The van der Waals surface area contributed by atoms with E-state index >= 15 is 0 Å². The maximum Gasteiger partial charge on any atom is 0.417 e. The number of piperazine rings is 1. The molecule has 2 aliphatic heterocycles. The third-order valence-electron chi connectivity index (χ3n) is 7.25. The number of phenols is 1. The number of carbonyl (C=O) groups is 1. The first kappa shape index (κ1) is 30.6. The van der Waals surface area contributed by atoms with Gasteiger partial charge in [0.2, 0.25) is 0 Å². The predicted molar refractivity (Wildman–Crippen MR) is 151 cm³/mol. The lowest BCUT2D eigenvalue weighted by molar-refractivity contribution is -0.138. The Morgan fingerprint density at radius 1 is 1.05 bits per heavy atom. The van der Waals surface area contributed by atoms with Crippen LogP contribution in [0, 0.1) is 12.3 Å². The zero-order valence-corrected chi connectivity index (χ0v) is 24.9. The molecular formula is C27H35F3N6O4S. The molecular weight excluding hydrogens is 561 g/mol. The van der Waals surface area contributed by atoms with Gasteiger partial charge in [-0.3, -0.25) is 4.79 Å². The van der Waals surface area contributed by atoms with Gasteiger partial charge in [-0.25, -0.2) is 4.21 Å². The maximum absolute atomic E-state index is 14.0. The third kappa shape index (κ3) is 6.13. The number of amides is 1. The van der Waals surface area contributed by atoms with Crippen LogP contribution in [0.4, 0.5) is 18.9 Å². The van der Waals surface area contributed by atoms with E-state index < -0.39 is 45.5 Å². The van der Waals surface area contributed by atoms with Crippen molar-refractivity contribution in [3.63, 3.8) is 0 Å². The molecule has 10 nitrogen and oxygen atoms in total. The van der Waals surface area contributed by atoms with Gasteiger partial charge in [0.25, 0.3) is 17.1 Å². The molecule has 0 spiro atoms. The molecule has 1 saturated heterocycles. The number of carbonyl (C=O) groups excluding carboxylic acids is 1. The first-order chi connectivity index (χ1) is 19.0. The molecule has 1 fully saturated rings. The van der Waals surface area contributed by atoms with E-state index in [1.807, 2.05) is 51.8 Å². The number of furan rings is 1. The molecule has 1 amide bonds. The summed E-state index contributed by atoms with van der Waals surface area (Å²) in [7, 11) is 5.05. The largest absolute Gasteiger partial charge is 0.505 e. The highest BCUT2D eigenvalue weighted by atomic mass is 32.2. The van der Waals surface area contributed by atoms with Crippen LogP contribution >= 0.6 is 0 Å². The molecule has 0 radical (unpaired) electrons. The van der Waals surface area contributed by atoms with Crippen LogP contribution in [-0.4, -0.2) is 88.9 Å². The molecule has 41 heavy (non-hydrogen) atoms. The van der Waals surface area contributed by atoms with E-state index in [1.165, 1.54) is 16.8 Å². The number of alkyl halides is 3. The minimum absolute atomic E-state index is 0.0522. The summed E-state index contributed by atoms with van der Waals surface area (Å²) in [6.45, 7) is 9.24. The molecule has 0 bridgehead atoms. The van der Waals surface area contributed by atoms with Crippen molar-refractivity contribution in [3.8, 4) is 5.75 Å². The molecule has 4 rings (SSSR count). The van der Waals surface area contributed by atoms with Crippen molar-refractivity contribution in [2.24, 2.45) is 14.2 Å². The van der Waals surface area contributed by atoms with Gasteiger partial charge in [0.1, 0.15) is 11.5 Å². The monoisotopic (exact) mass is 596 g/mol. The number of benzene rings is 1. The Labute approximate surface area is 239 Å². The number of aryl methyl sites for hydroxylation is 1. The van der Waals surface area contributed by atoms with Crippen LogP contribution in [0.5, 0.6) is 5.75 Å². The Hall–Kier alpha value is -3.39. The smallest absolute Gasteiger partial charge is 0.417 e. The SMILES string of the molecule is Cc1ccc([C@H](N(C)C2=NS(=O)N=C2N(C)c2ccc(C(F)(F)F)c(C(=O)N3CCN(C)CC3)c2O)C(C)(C)C)o1. The number of likely N-dealkylation sites (N-methyl/N-ethyl adjacent to an activating group) is 3. The van der Waals surface area contributed by atoms with Crippen molar-refractivity contribution in [2.45, 2.75) is 39.9 Å². The van der Waals surface area contributed by atoms with Gasteiger partial charge in [-0.15, -0.1) is 8.80 Å². The quantitative estimate of drug-likeness (QED) is 0.563. The number of hydrogen-bond donors (Lipinski definition) is 1.